The fraction of sp³-hybridized carbons (Fsp3) is 0. The molecule has 0 saturated carbocycles. The van der Waals surface area contributed by atoms with E-state index < -0.39 is 0 Å². The molecule has 0 bridgehead atoms. The van der Waals surface area contributed by atoms with Gasteiger partial charge in [-0.15, -0.1) is 0 Å². The number of thiocarbonyl (C=S) groups is 1. The van der Waals surface area contributed by atoms with Crippen LogP contribution >= 0.6 is 12.2 Å². The molecule has 2 N–H and O–H groups in total. The van der Waals surface area contributed by atoms with Gasteiger partial charge in [0.05, 0.1) is 11.6 Å². The standard InChI is InChI=1S/C15H11N7S/c16-9-11-3-1-4-12(7-11)20-15(23)21-13-8-14(18-10-17-13)22-6-2-5-19-22/h1-8,10H,(H2,17,18,20,21,23). The molecule has 3 rings (SSSR count). The van der Waals surface area contributed by atoms with Crippen LogP contribution in [0.25, 0.3) is 5.82 Å². The third kappa shape index (κ3) is 3.66. The highest BCUT2D eigenvalue weighted by Crippen LogP contribution is 2.12. The Bertz CT molecular complexity index is 868. The van der Waals surface area contributed by atoms with Gasteiger partial charge in [-0.25, -0.2) is 14.6 Å². The van der Waals surface area contributed by atoms with E-state index in [1.165, 1.54) is 6.33 Å². The van der Waals surface area contributed by atoms with Crippen molar-refractivity contribution < 1.29 is 0 Å². The molecule has 0 spiro atoms. The quantitative estimate of drug-likeness (QED) is 0.715. The lowest BCUT2D eigenvalue weighted by molar-refractivity contribution is 0.840. The molecule has 0 aliphatic carbocycles. The van der Waals surface area contributed by atoms with Gasteiger partial charge in [-0.3, -0.25) is 0 Å². The second-order valence-electron chi connectivity index (χ2n) is 4.48. The average Bonchev–Trinajstić information content (AvgIpc) is 3.09. The van der Waals surface area contributed by atoms with Gasteiger partial charge in [0.25, 0.3) is 0 Å². The summed E-state index contributed by atoms with van der Waals surface area (Å²) in [5.74, 6) is 1.17. The van der Waals surface area contributed by atoms with Crippen LogP contribution in [-0.4, -0.2) is 24.9 Å². The molecule has 112 valence electrons. The van der Waals surface area contributed by atoms with Crippen LogP contribution in [0.1, 0.15) is 5.56 Å². The molecular weight excluding hydrogens is 310 g/mol. The molecule has 0 atom stereocenters. The number of hydrogen-bond acceptors (Lipinski definition) is 5. The van der Waals surface area contributed by atoms with Gasteiger partial charge in [0.1, 0.15) is 12.1 Å². The highest BCUT2D eigenvalue weighted by Gasteiger charge is 2.04. The van der Waals surface area contributed by atoms with E-state index in [0.29, 0.717) is 22.3 Å². The van der Waals surface area contributed by atoms with Crippen LogP contribution < -0.4 is 10.6 Å². The van der Waals surface area contributed by atoms with Gasteiger partial charge in [-0.1, -0.05) is 6.07 Å². The topological polar surface area (TPSA) is 91.5 Å². The van der Waals surface area contributed by atoms with Crippen molar-refractivity contribution in [3.63, 3.8) is 0 Å². The van der Waals surface area contributed by atoms with E-state index >= 15 is 0 Å². The van der Waals surface area contributed by atoms with Crippen molar-refractivity contribution in [1.82, 2.24) is 19.7 Å². The van der Waals surface area contributed by atoms with Crippen molar-refractivity contribution in [2.24, 2.45) is 0 Å². The van der Waals surface area contributed by atoms with Crippen molar-refractivity contribution in [2.45, 2.75) is 0 Å². The second-order valence-corrected chi connectivity index (χ2v) is 4.89. The summed E-state index contributed by atoms with van der Waals surface area (Å²) in [5.41, 5.74) is 1.28. The van der Waals surface area contributed by atoms with Crippen LogP contribution in [0.4, 0.5) is 11.5 Å². The van der Waals surface area contributed by atoms with E-state index in [2.05, 4.69) is 31.8 Å². The lowest BCUT2D eigenvalue weighted by atomic mass is 10.2. The van der Waals surface area contributed by atoms with Gasteiger partial charge >= 0.3 is 0 Å². The number of benzene rings is 1. The maximum absolute atomic E-state index is 8.90. The SMILES string of the molecule is N#Cc1cccc(NC(=S)Nc2cc(-n3cccn3)ncn2)c1. The van der Waals surface area contributed by atoms with Crippen LogP contribution in [0.2, 0.25) is 0 Å². The molecule has 0 radical (unpaired) electrons. The normalized spacial score (nSPS) is 9.87. The summed E-state index contributed by atoms with van der Waals surface area (Å²) in [4.78, 5) is 8.27. The lowest BCUT2D eigenvalue weighted by Gasteiger charge is -2.10. The highest BCUT2D eigenvalue weighted by molar-refractivity contribution is 7.80. The summed E-state index contributed by atoms with van der Waals surface area (Å²) >= 11 is 5.25. The molecule has 23 heavy (non-hydrogen) atoms. The smallest absolute Gasteiger partial charge is 0.176 e. The Morgan fingerprint density at radius 2 is 2.09 bits per heavy atom. The number of nitrogens with one attached hydrogen (secondary N) is 2. The van der Waals surface area contributed by atoms with Crippen molar-refractivity contribution in [1.29, 1.82) is 5.26 Å². The molecular formula is C15H11N7S. The first-order valence-corrected chi connectivity index (χ1v) is 7.05. The summed E-state index contributed by atoms with van der Waals surface area (Å²) in [7, 11) is 0. The number of nitrogens with zero attached hydrogens (tertiary/aromatic N) is 5. The zero-order chi connectivity index (χ0) is 16.1. The third-order valence-corrected chi connectivity index (χ3v) is 3.09. The fourth-order valence-corrected chi connectivity index (χ4v) is 2.11. The summed E-state index contributed by atoms with van der Waals surface area (Å²) in [6, 6.07) is 12.7. The fourth-order valence-electron chi connectivity index (χ4n) is 1.89. The third-order valence-electron chi connectivity index (χ3n) is 2.88. The first kappa shape index (κ1) is 14.6. The molecule has 0 aliphatic rings. The van der Waals surface area contributed by atoms with E-state index in [-0.39, 0.29) is 0 Å². The number of hydrogen-bond donors (Lipinski definition) is 2. The van der Waals surface area contributed by atoms with Gasteiger partial charge in [0.2, 0.25) is 0 Å². The summed E-state index contributed by atoms with van der Waals surface area (Å²) < 4.78 is 1.62. The average molecular weight is 321 g/mol. The maximum Gasteiger partial charge on any atom is 0.176 e. The molecule has 7 nitrogen and oxygen atoms in total. The molecule has 0 aliphatic heterocycles. The summed E-state index contributed by atoms with van der Waals surface area (Å²) in [6.07, 6.45) is 4.89. The molecule has 1 aromatic carbocycles. The number of aromatic nitrogens is 4. The lowest BCUT2D eigenvalue weighted by Crippen LogP contribution is -2.20. The monoisotopic (exact) mass is 321 g/mol. The Balaban J connectivity index is 1.70. The van der Waals surface area contributed by atoms with Crippen molar-refractivity contribution in [3.05, 3.63) is 60.7 Å². The predicted molar refractivity (Wildman–Crippen MR) is 90.2 cm³/mol. The Morgan fingerprint density at radius 1 is 1.17 bits per heavy atom. The minimum Gasteiger partial charge on any atom is -0.332 e. The van der Waals surface area contributed by atoms with Crippen molar-refractivity contribution in [2.75, 3.05) is 10.6 Å². The van der Waals surface area contributed by atoms with Crippen LogP contribution in [0.5, 0.6) is 0 Å². The van der Waals surface area contributed by atoms with Gasteiger partial charge in [-0.05, 0) is 36.5 Å². The Labute approximate surface area is 137 Å². The van der Waals surface area contributed by atoms with E-state index in [0.717, 1.165) is 5.69 Å². The van der Waals surface area contributed by atoms with Crippen LogP contribution in [0.15, 0.2) is 55.1 Å². The maximum atomic E-state index is 8.90. The Morgan fingerprint density at radius 3 is 2.87 bits per heavy atom. The number of rotatable bonds is 3. The molecule has 0 unspecified atom stereocenters. The minimum atomic E-state index is 0.366. The van der Waals surface area contributed by atoms with Crippen molar-refractivity contribution >= 4 is 28.8 Å². The zero-order valence-electron chi connectivity index (χ0n) is 11.8. The molecule has 0 fully saturated rings. The highest BCUT2D eigenvalue weighted by atomic mass is 32.1. The Kier molecular flexibility index (Phi) is 4.22. The van der Waals surface area contributed by atoms with E-state index in [1.54, 1.807) is 41.3 Å². The first-order chi connectivity index (χ1) is 11.2. The first-order valence-electron chi connectivity index (χ1n) is 6.65. The van der Waals surface area contributed by atoms with E-state index in [1.807, 2.05) is 12.1 Å². The number of anilines is 2. The van der Waals surface area contributed by atoms with Crippen LogP contribution in [-0.2, 0) is 0 Å². The largest absolute Gasteiger partial charge is 0.332 e. The zero-order valence-corrected chi connectivity index (χ0v) is 12.7. The number of nitriles is 1. The predicted octanol–water partition coefficient (Wildman–Crippen LogP) is 2.34. The second kappa shape index (κ2) is 6.64. The van der Waals surface area contributed by atoms with Gasteiger partial charge < -0.3 is 10.6 Å². The van der Waals surface area contributed by atoms with E-state index in [4.69, 9.17) is 17.5 Å². The molecule has 2 heterocycles. The molecule has 0 amide bonds. The van der Waals surface area contributed by atoms with Gasteiger partial charge in [0, 0.05) is 24.1 Å². The molecule has 8 heteroatoms. The van der Waals surface area contributed by atoms with E-state index in [9.17, 15) is 0 Å². The molecule has 0 saturated heterocycles. The Hall–Kier alpha value is -3.31. The molecule has 3 aromatic rings. The minimum absolute atomic E-state index is 0.366. The molecule has 2 aromatic heterocycles. The van der Waals surface area contributed by atoms with Crippen molar-refractivity contribution in [3.8, 4) is 11.9 Å². The van der Waals surface area contributed by atoms with Crippen LogP contribution in [0.3, 0.4) is 0 Å². The van der Waals surface area contributed by atoms with Gasteiger partial charge in [-0.2, -0.15) is 10.4 Å². The summed E-state index contributed by atoms with van der Waals surface area (Å²) in [5, 5.41) is 19.4. The summed E-state index contributed by atoms with van der Waals surface area (Å²) in [6.45, 7) is 0. The van der Waals surface area contributed by atoms with Gasteiger partial charge in [0.15, 0.2) is 10.9 Å². The van der Waals surface area contributed by atoms with Crippen LogP contribution in [0, 0.1) is 11.3 Å².